The fraction of sp³-hybridized carbons (Fsp3) is 0.545. The number of aliphatic hydroxyl groups is 1. The van der Waals surface area contributed by atoms with Crippen LogP contribution >= 0.6 is 11.3 Å². The molecule has 0 spiro atoms. The molecule has 106 valence electrons. The summed E-state index contributed by atoms with van der Waals surface area (Å²) < 4.78 is 26.1. The lowest BCUT2D eigenvalue weighted by Gasteiger charge is -2.30. The Morgan fingerprint density at radius 2 is 2.21 bits per heavy atom. The molecule has 1 unspecified atom stereocenters. The minimum atomic E-state index is -3.64. The highest BCUT2D eigenvalue weighted by molar-refractivity contribution is 7.91. The van der Waals surface area contributed by atoms with Crippen LogP contribution < -0.4 is 0 Å². The monoisotopic (exact) mass is 305 g/mol. The number of carbonyl (C=O) groups is 1. The topological polar surface area (TPSA) is 94.9 Å². The van der Waals surface area contributed by atoms with Crippen LogP contribution in [0.15, 0.2) is 16.3 Å². The van der Waals surface area contributed by atoms with Crippen molar-refractivity contribution in [1.29, 1.82) is 0 Å². The van der Waals surface area contributed by atoms with Crippen LogP contribution in [0.5, 0.6) is 0 Å². The summed E-state index contributed by atoms with van der Waals surface area (Å²) in [6.07, 6.45) is 1.52. The number of hydrogen-bond donors (Lipinski definition) is 2. The van der Waals surface area contributed by atoms with Crippen LogP contribution in [-0.4, -0.2) is 48.6 Å². The SMILES string of the molecule is O=C(O)c1ccc(S(=O)(=O)N2CCCC(CO)C2)s1. The normalized spacial score (nSPS) is 21.4. The Kier molecular flexibility index (Phi) is 4.24. The summed E-state index contributed by atoms with van der Waals surface area (Å²) in [7, 11) is -3.64. The Morgan fingerprint density at radius 3 is 2.79 bits per heavy atom. The van der Waals surface area contributed by atoms with Gasteiger partial charge in [0, 0.05) is 19.7 Å². The molecule has 0 amide bonds. The minimum Gasteiger partial charge on any atom is -0.477 e. The molecule has 2 N–H and O–H groups in total. The minimum absolute atomic E-state index is 0.00860. The molecule has 1 aliphatic heterocycles. The summed E-state index contributed by atoms with van der Waals surface area (Å²) >= 11 is 0.759. The van der Waals surface area contributed by atoms with Gasteiger partial charge in [-0.15, -0.1) is 11.3 Å². The third-order valence-corrected chi connectivity index (χ3v) is 6.53. The van der Waals surface area contributed by atoms with Crippen LogP contribution in [0.25, 0.3) is 0 Å². The first-order valence-corrected chi connectivity index (χ1v) is 8.15. The quantitative estimate of drug-likeness (QED) is 0.859. The predicted molar refractivity (Wildman–Crippen MR) is 69.8 cm³/mol. The molecule has 6 nitrogen and oxygen atoms in total. The second-order valence-corrected chi connectivity index (χ2v) is 7.73. The van der Waals surface area contributed by atoms with Crippen LogP contribution in [0.3, 0.4) is 0 Å². The molecule has 0 bridgehead atoms. The Morgan fingerprint density at radius 1 is 1.47 bits per heavy atom. The first kappa shape index (κ1) is 14.4. The van der Waals surface area contributed by atoms with E-state index in [4.69, 9.17) is 10.2 Å². The molecule has 1 aromatic heterocycles. The van der Waals surface area contributed by atoms with Crippen molar-refractivity contribution in [3.05, 3.63) is 17.0 Å². The first-order chi connectivity index (χ1) is 8.95. The van der Waals surface area contributed by atoms with E-state index in [1.807, 2.05) is 0 Å². The molecule has 1 fully saturated rings. The van der Waals surface area contributed by atoms with Crippen LogP contribution in [0.4, 0.5) is 0 Å². The van der Waals surface area contributed by atoms with Gasteiger partial charge >= 0.3 is 5.97 Å². The summed E-state index contributed by atoms with van der Waals surface area (Å²) in [5.74, 6) is -1.17. The average molecular weight is 305 g/mol. The fourth-order valence-electron chi connectivity index (χ4n) is 2.10. The molecule has 19 heavy (non-hydrogen) atoms. The molecule has 8 heteroatoms. The Balaban J connectivity index is 2.23. The summed E-state index contributed by atoms with van der Waals surface area (Å²) in [6.45, 7) is 0.676. The van der Waals surface area contributed by atoms with Crippen LogP contribution in [0, 0.1) is 5.92 Å². The molecule has 2 rings (SSSR count). The molecule has 1 aromatic rings. The van der Waals surface area contributed by atoms with Crippen molar-refractivity contribution in [1.82, 2.24) is 4.31 Å². The van der Waals surface area contributed by atoms with Gasteiger partial charge in [-0.1, -0.05) is 0 Å². The lowest BCUT2D eigenvalue weighted by atomic mass is 10.0. The van der Waals surface area contributed by atoms with Crippen LogP contribution in [-0.2, 0) is 10.0 Å². The van der Waals surface area contributed by atoms with Crippen molar-refractivity contribution < 1.29 is 23.4 Å². The molecular weight excluding hydrogens is 290 g/mol. The van der Waals surface area contributed by atoms with Gasteiger partial charge in [0.15, 0.2) is 0 Å². The van der Waals surface area contributed by atoms with Gasteiger partial charge in [0.2, 0.25) is 0 Å². The number of aliphatic hydroxyl groups excluding tert-OH is 1. The number of rotatable bonds is 4. The maximum atomic E-state index is 12.3. The second-order valence-electron chi connectivity index (χ2n) is 4.48. The molecule has 0 saturated carbocycles. The second kappa shape index (κ2) is 5.58. The number of aromatic carboxylic acids is 1. The zero-order valence-corrected chi connectivity index (χ0v) is 11.8. The maximum Gasteiger partial charge on any atom is 0.345 e. The third kappa shape index (κ3) is 2.97. The highest BCUT2D eigenvalue weighted by Crippen LogP contribution is 2.28. The van der Waals surface area contributed by atoms with E-state index in [2.05, 4.69) is 0 Å². The van der Waals surface area contributed by atoms with Crippen molar-refractivity contribution >= 4 is 27.3 Å². The number of thiophene rings is 1. The zero-order valence-electron chi connectivity index (χ0n) is 10.2. The average Bonchev–Trinajstić information content (AvgIpc) is 2.89. The largest absolute Gasteiger partial charge is 0.477 e. The van der Waals surface area contributed by atoms with Crippen molar-refractivity contribution in [3.8, 4) is 0 Å². The standard InChI is InChI=1S/C11H15NO5S2/c13-7-8-2-1-5-12(6-8)19(16,17)10-4-3-9(18-10)11(14)15/h3-4,8,13H,1-2,5-7H2,(H,14,15). The molecule has 0 aliphatic carbocycles. The van der Waals surface area contributed by atoms with E-state index in [0.29, 0.717) is 19.5 Å². The molecule has 1 aliphatic rings. The summed E-state index contributed by atoms with van der Waals surface area (Å²) in [4.78, 5) is 10.8. The lowest BCUT2D eigenvalue weighted by Crippen LogP contribution is -2.40. The van der Waals surface area contributed by atoms with Crippen LogP contribution in [0.1, 0.15) is 22.5 Å². The van der Waals surface area contributed by atoms with Crippen molar-refractivity contribution in [2.75, 3.05) is 19.7 Å². The number of piperidine rings is 1. The summed E-state index contributed by atoms with van der Waals surface area (Å²) in [5, 5.41) is 17.9. The number of sulfonamides is 1. The molecule has 0 radical (unpaired) electrons. The van der Waals surface area contributed by atoms with Crippen molar-refractivity contribution in [2.45, 2.75) is 17.1 Å². The summed E-state index contributed by atoms with van der Waals surface area (Å²) in [5.41, 5.74) is 0. The van der Waals surface area contributed by atoms with E-state index < -0.39 is 16.0 Å². The number of carboxylic acids is 1. The van der Waals surface area contributed by atoms with Gasteiger partial charge < -0.3 is 10.2 Å². The van der Waals surface area contributed by atoms with Gasteiger partial charge in [-0.05, 0) is 30.9 Å². The van der Waals surface area contributed by atoms with E-state index >= 15 is 0 Å². The highest BCUT2D eigenvalue weighted by Gasteiger charge is 2.31. The first-order valence-electron chi connectivity index (χ1n) is 5.89. The zero-order chi connectivity index (χ0) is 14.0. The van der Waals surface area contributed by atoms with Gasteiger partial charge in [0.1, 0.15) is 9.09 Å². The van der Waals surface area contributed by atoms with E-state index in [9.17, 15) is 13.2 Å². The van der Waals surface area contributed by atoms with Crippen molar-refractivity contribution in [3.63, 3.8) is 0 Å². The fourth-order valence-corrected chi connectivity index (χ4v) is 4.95. The number of carboxylic acid groups (broad SMARTS) is 1. The molecule has 1 atom stereocenters. The molecule has 2 heterocycles. The third-order valence-electron chi connectivity index (χ3n) is 3.13. The molecular formula is C11H15NO5S2. The predicted octanol–water partition coefficient (Wildman–Crippen LogP) is 0.839. The lowest BCUT2D eigenvalue weighted by molar-refractivity contribution is 0.0702. The smallest absolute Gasteiger partial charge is 0.345 e. The Labute approximate surface area is 115 Å². The van der Waals surface area contributed by atoms with E-state index in [-0.39, 0.29) is 21.6 Å². The Hall–Kier alpha value is -0.960. The van der Waals surface area contributed by atoms with E-state index in [1.54, 1.807) is 0 Å². The van der Waals surface area contributed by atoms with Crippen molar-refractivity contribution in [2.24, 2.45) is 5.92 Å². The number of hydrogen-bond acceptors (Lipinski definition) is 5. The van der Waals surface area contributed by atoms with Gasteiger partial charge in [0.25, 0.3) is 10.0 Å². The van der Waals surface area contributed by atoms with Gasteiger partial charge in [-0.3, -0.25) is 0 Å². The van der Waals surface area contributed by atoms with Crippen LogP contribution in [0.2, 0.25) is 0 Å². The molecule has 1 saturated heterocycles. The summed E-state index contributed by atoms with van der Waals surface area (Å²) in [6, 6.07) is 2.62. The molecule has 0 aromatic carbocycles. The van der Waals surface area contributed by atoms with Gasteiger partial charge in [0.05, 0.1) is 0 Å². The van der Waals surface area contributed by atoms with Gasteiger partial charge in [-0.25, -0.2) is 13.2 Å². The van der Waals surface area contributed by atoms with E-state index in [1.165, 1.54) is 16.4 Å². The highest BCUT2D eigenvalue weighted by atomic mass is 32.2. The van der Waals surface area contributed by atoms with Gasteiger partial charge in [-0.2, -0.15) is 4.31 Å². The number of nitrogens with zero attached hydrogens (tertiary/aromatic N) is 1. The maximum absolute atomic E-state index is 12.3. The van der Waals surface area contributed by atoms with E-state index in [0.717, 1.165) is 17.8 Å². The Bertz CT molecular complexity index is 565.